The van der Waals surface area contributed by atoms with Crippen molar-refractivity contribution in [2.24, 2.45) is 5.41 Å². The molecular weight excluding hydrogens is 246 g/mol. The van der Waals surface area contributed by atoms with Crippen molar-refractivity contribution in [1.29, 1.82) is 0 Å². The highest BCUT2D eigenvalue weighted by Crippen LogP contribution is 2.21. The molecule has 0 saturated heterocycles. The van der Waals surface area contributed by atoms with Gasteiger partial charge in [0.25, 0.3) is 5.91 Å². The lowest BCUT2D eigenvalue weighted by atomic mass is 9.89. The largest absolute Gasteiger partial charge is 0.391 e. The Hall–Kier alpha value is -0.870. The lowest BCUT2D eigenvalue weighted by Crippen LogP contribution is -2.33. The number of hydrogen-bond donors (Lipinski definition) is 2. The fourth-order valence-electron chi connectivity index (χ4n) is 1.76. The van der Waals surface area contributed by atoms with Crippen LogP contribution in [0.2, 0.25) is 0 Å². The molecule has 1 rings (SSSR count). The van der Waals surface area contributed by atoms with Crippen molar-refractivity contribution in [3.8, 4) is 0 Å². The molecule has 3 nitrogen and oxygen atoms in total. The molecule has 0 aromatic carbocycles. The van der Waals surface area contributed by atoms with E-state index in [1.165, 1.54) is 11.3 Å². The molecule has 1 heterocycles. The van der Waals surface area contributed by atoms with Crippen LogP contribution in [-0.2, 0) is 0 Å². The Balaban J connectivity index is 2.46. The van der Waals surface area contributed by atoms with Crippen molar-refractivity contribution in [2.75, 3.05) is 6.54 Å². The summed E-state index contributed by atoms with van der Waals surface area (Å²) in [5, 5.41) is 12.6. The molecule has 0 radical (unpaired) electrons. The number of hydrogen-bond acceptors (Lipinski definition) is 3. The van der Waals surface area contributed by atoms with Gasteiger partial charge in [-0.05, 0) is 37.3 Å². The van der Waals surface area contributed by atoms with Crippen molar-refractivity contribution in [1.82, 2.24) is 5.32 Å². The fourth-order valence-corrected chi connectivity index (χ4v) is 2.71. The molecule has 0 aliphatic rings. The molecule has 1 aromatic rings. The Bertz CT molecular complexity index is 398. The van der Waals surface area contributed by atoms with E-state index in [1.807, 2.05) is 19.9 Å². The zero-order valence-corrected chi connectivity index (χ0v) is 12.6. The molecule has 1 amide bonds. The molecule has 4 heteroatoms. The number of carbonyl (C=O) groups is 1. The summed E-state index contributed by atoms with van der Waals surface area (Å²) in [6, 6.07) is 1.89. The van der Waals surface area contributed by atoms with Crippen LogP contribution >= 0.6 is 11.3 Å². The maximum absolute atomic E-state index is 11.9. The average Bonchev–Trinajstić information content (AvgIpc) is 2.53. The van der Waals surface area contributed by atoms with Crippen molar-refractivity contribution in [2.45, 2.75) is 47.1 Å². The van der Waals surface area contributed by atoms with Crippen LogP contribution in [-0.4, -0.2) is 23.7 Å². The van der Waals surface area contributed by atoms with Gasteiger partial charge in [-0.1, -0.05) is 20.8 Å². The number of aliphatic hydroxyl groups is 1. The number of aliphatic hydroxyl groups excluding tert-OH is 1. The normalized spacial score (nSPS) is 13.4. The van der Waals surface area contributed by atoms with Crippen LogP contribution in [0.5, 0.6) is 0 Å². The van der Waals surface area contributed by atoms with Crippen molar-refractivity contribution < 1.29 is 9.90 Å². The Morgan fingerprint density at radius 2 is 2.06 bits per heavy atom. The van der Waals surface area contributed by atoms with Gasteiger partial charge < -0.3 is 10.4 Å². The summed E-state index contributed by atoms with van der Waals surface area (Å²) in [7, 11) is 0. The quantitative estimate of drug-likeness (QED) is 0.883. The summed E-state index contributed by atoms with van der Waals surface area (Å²) in [5.74, 6) is -0.0934. The SMILES string of the molecule is Cc1cc(C(=O)NCC(O)CC(C)(C)C)sc1C. The van der Waals surface area contributed by atoms with Crippen LogP contribution in [0.25, 0.3) is 0 Å². The first kappa shape index (κ1) is 15.2. The molecule has 0 spiro atoms. The molecule has 0 aliphatic carbocycles. The third-order valence-corrected chi connectivity index (χ3v) is 3.89. The van der Waals surface area contributed by atoms with Crippen LogP contribution in [0.3, 0.4) is 0 Å². The molecule has 18 heavy (non-hydrogen) atoms. The van der Waals surface area contributed by atoms with E-state index in [1.54, 1.807) is 0 Å². The van der Waals surface area contributed by atoms with Gasteiger partial charge in [0.1, 0.15) is 0 Å². The van der Waals surface area contributed by atoms with Gasteiger partial charge in [0.15, 0.2) is 0 Å². The summed E-state index contributed by atoms with van der Waals surface area (Å²) in [6.45, 7) is 10.5. The van der Waals surface area contributed by atoms with Crippen molar-refractivity contribution in [3.63, 3.8) is 0 Å². The van der Waals surface area contributed by atoms with Crippen molar-refractivity contribution >= 4 is 17.2 Å². The molecular formula is C14H23NO2S. The number of thiophene rings is 1. The van der Waals surface area contributed by atoms with E-state index >= 15 is 0 Å². The van der Waals surface area contributed by atoms with Crippen LogP contribution in [0.15, 0.2) is 6.07 Å². The Morgan fingerprint density at radius 1 is 1.44 bits per heavy atom. The monoisotopic (exact) mass is 269 g/mol. The molecule has 1 aromatic heterocycles. The van der Waals surface area contributed by atoms with Gasteiger partial charge >= 0.3 is 0 Å². The van der Waals surface area contributed by atoms with Gasteiger partial charge in [-0.2, -0.15) is 0 Å². The van der Waals surface area contributed by atoms with E-state index in [9.17, 15) is 9.90 Å². The number of carbonyl (C=O) groups excluding carboxylic acids is 1. The van der Waals surface area contributed by atoms with Crippen molar-refractivity contribution in [3.05, 3.63) is 21.4 Å². The first-order valence-electron chi connectivity index (χ1n) is 6.22. The van der Waals surface area contributed by atoms with E-state index in [-0.39, 0.29) is 11.3 Å². The van der Waals surface area contributed by atoms with Crippen LogP contribution in [0.4, 0.5) is 0 Å². The number of rotatable bonds is 4. The predicted molar refractivity (Wildman–Crippen MR) is 76.2 cm³/mol. The average molecular weight is 269 g/mol. The zero-order chi connectivity index (χ0) is 13.9. The third-order valence-electron chi connectivity index (χ3n) is 2.74. The highest BCUT2D eigenvalue weighted by Gasteiger charge is 2.18. The smallest absolute Gasteiger partial charge is 0.261 e. The minimum Gasteiger partial charge on any atom is -0.391 e. The molecule has 0 fully saturated rings. The molecule has 1 atom stereocenters. The second kappa shape index (κ2) is 5.85. The summed E-state index contributed by atoms with van der Waals surface area (Å²) in [5.41, 5.74) is 1.21. The number of aryl methyl sites for hydroxylation is 2. The first-order chi connectivity index (χ1) is 8.19. The Labute approximate surface area is 113 Å². The minimum atomic E-state index is -0.490. The van der Waals surface area contributed by atoms with E-state index in [0.29, 0.717) is 17.8 Å². The minimum absolute atomic E-state index is 0.0697. The summed E-state index contributed by atoms with van der Waals surface area (Å²) < 4.78 is 0. The second-order valence-electron chi connectivity index (χ2n) is 5.98. The summed E-state index contributed by atoms with van der Waals surface area (Å²) in [4.78, 5) is 13.7. The fraction of sp³-hybridized carbons (Fsp3) is 0.643. The van der Waals surface area contributed by atoms with Gasteiger partial charge in [-0.25, -0.2) is 0 Å². The highest BCUT2D eigenvalue weighted by atomic mass is 32.1. The molecule has 2 N–H and O–H groups in total. The van der Waals surface area contributed by atoms with Crippen LogP contribution < -0.4 is 5.32 Å². The standard InChI is InChI=1S/C14H23NO2S/c1-9-6-12(18-10(9)2)13(17)15-8-11(16)7-14(3,4)5/h6,11,16H,7-8H2,1-5H3,(H,15,17). The maximum Gasteiger partial charge on any atom is 0.261 e. The summed E-state index contributed by atoms with van der Waals surface area (Å²) >= 11 is 1.49. The molecule has 102 valence electrons. The first-order valence-corrected chi connectivity index (χ1v) is 7.04. The van der Waals surface area contributed by atoms with E-state index in [2.05, 4.69) is 26.1 Å². The van der Waals surface area contributed by atoms with Gasteiger partial charge in [-0.15, -0.1) is 11.3 Å². The van der Waals surface area contributed by atoms with Crippen LogP contribution in [0, 0.1) is 19.3 Å². The highest BCUT2D eigenvalue weighted by molar-refractivity contribution is 7.14. The molecule has 1 unspecified atom stereocenters. The zero-order valence-electron chi connectivity index (χ0n) is 11.8. The molecule has 0 aliphatic heterocycles. The van der Waals surface area contributed by atoms with Gasteiger partial charge in [0.05, 0.1) is 11.0 Å². The Morgan fingerprint density at radius 3 is 2.50 bits per heavy atom. The molecule has 0 bridgehead atoms. The topological polar surface area (TPSA) is 49.3 Å². The lowest BCUT2D eigenvalue weighted by molar-refractivity contribution is 0.0872. The maximum atomic E-state index is 11.9. The third kappa shape index (κ3) is 4.78. The Kier molecular flexibility index (Phi) is 4.93. The number of amides is 1. The predicted octanol–water partition coefficient (Wildman–Crippen LogP) is 2.89. The lowest BCUT2D eigenvalue weighted by Gasteiger charge is -2.22. The summed E-state index contributed by atoms with van der Waals surface area (Å²) in [6.07, 6.45) is 0.187. The van der Waals surface area contributed by atoms with Crippen LogP contribution in [0.1, 0.15) is 47.3 Å². The van der Waals surface area contributed by atoms with Gasteiger partial charge in [-0.3, -0.25) is 4.79 Å². The van der Waals surface area contributed by atoms with Gasteiger partial charge in [0, 0.05) is 11.4 Å². The van der Waals surface area contributed by atoms with E-state index < -0.39 is 6.10 Å². The number of nitrogens with one attached hydrogen (secondary N) is 1. The molecule has 0 saturated carbocycles. The van der Waals surface area contributed by atoms with E-state index in [0.717, 1.165) is 10.4 Å². The van der Waals surface area contributed by atoms with Gasteiger partial charge in [0.2, 0.25) is 0 Å². The van der Waals surface area contributed by atoms with E-state index in [4.69, 9.17) is 0 Å². The second-order valence-corrected chi connectivity index (χ2v) is 7.23.